The molecule has 7 heteroatoms. The molecule has 21 heavy (non-hydrogen) atoms. The first kappa shape index (κ1) is 15.1. The van der Waals surface area contributed by atoms with E-state index in [2.05, 4.69) is 26.9 Å². The van der Waals surface area contributed by atoms with Crippen molar-refractivity contribution in [2.75, 3.05) is 0 Å². The van der Waals surface area contributed by atoms with Crippen LogP contribution >= 0.6 is 0 Å². The van der Waals surface area contributed by atoms with Gasteiger partial charge in [0.2, 0.25) is 0 Å². The quantitative estimate of drug-likeness (QED) is 0.666. The third kappa shape index (κ3) is 4.96. The number of alkyl carbamates (subject to hydrolysis) is 1. The van der Waals surface area contributed by atoms with Gasteiger partial charge in [-0.25, -0.2) is 10.3 Å². The summed E-state index contributed by atoms with van der Waals surface area (Å²) in [4.78, 5) is 12.0. The van der Waals surface area contributed by atoms with Crippen LogP contribution in [0.5, 0.6) is 0 Å². The summed E-state index contributed by atoms with van der Waals surface area (Å²) in [5.41, 5.74) is 8.68. The molecule has 1 atom stereocenters. The van der Waals surface area contributed by atoms with Crippen molar-refractivity contribution < 1.29 is 9.53 Å². The summed E-state index contributed by atoms with van der Waals surface area (Å²) in [6.07, 6.45) is 0.134. The van der Waals surface area contributed by atoms with Gasteiger partial charge in [-0.1, -0.05) is 30.3 Å². The predicted molar refractivity (Wildman–Crippen MR) is 80.1 cm³/mol. The van der Waals surface area contributed by atoms with Gasteiger partial charge < -0.3 is 10.1 Å². The van der Waals surface area contributed by atoms with E-state index in [-0.39, 0.29) is 6.04 Å². The third-order valence-corrected chi connectivity index (χ3v) is 2.73. The summed E-state index contributed by atoms with van der Waals surface area (Å²) in [6, 6.07) is 9.56. The molecule has 0 aromatic heterocycles. The number of hydrogen-bond acceptors (Lipinski definition) is 6. The zero-order chi connectivity index (χ0) is 15.3. The molecule has 0 saturated carbocycles. The van der Waals surface area contributed by atoms with Gasteiger partial charge in [0.05, 0.1) is 6.04 Å². The fraction of sp³-hybridized carbons (Fsp3) is 0.429. The van der Waals surface area contributed by atoms with Gasteiger partial charge in [-0.2, -0.15) is 0 Å². The molecule has 1 heterocycles. The minimum atomic E-state index is -0.539. The molecule has 0 bridgehead atoms. The molecule has 0 fully saturated rings. The second kappa shape index (κ2) is 6.45. The Morgan fingerprint density at radius 2 is 2.05 bits per heavy atom. The van der Waals surface area contributed by atoms with Crippen molar-refractivity contribution in [2.24, 2.45) is 5.10 Å². The van der Waals surface area contributed by atoms with Gasteiger partial charge in [0, 0.05) is 6.42 Å². The number of rotatable bonds is 4. The highest BCUT2D eigenvalue weighted by Crippen LogP contribution is 2.09. The molecule has 114 valence electrons. The SMILES string of the molecule is CC(C)(C)OC(=O)N[C@@H](Cc1ccccc1)C1=NNNN1. The van der Waals surface area contributed by atoms with Crippen LogP contribution in [-0.4, -0.2) is 23.6 Å². The Morgan fingerprint density at radius 1 is 1.33 bits per heavy atom. The third-order valence-electron chi connectivity index (χ3n) is 2.73. The fourth-order valence-corrected chi connectivity index (χ4v) is 1.89. The second-order valence-corrected chi connectivity index (χ2v) is 5.75. The van der Waals surface area contributed by atoms with E-state index in [1.54, 1.807) is 0 Å². The smallest absolute Gasteiger partial charge is 0.408 e. The second-order valence-electron chi connectivity index (χ2n) is 5.75. The Balaban J connectivity index is 2.04. The number of ether oxygens (including phenoxy) is 1. The van der Waals surface area contributed by atoms with Gasteiger partial charge in [0.25, 0.3) is 0 Å². The van der Waals surface area contributed by atoms with Crippen molar-refractivity contribution in [1.82, 2.24) is 21.8 Å². The molecule has 0 unspecified atom stereocenters. The van der Waals surface area contributed by atoms with E-state index in [4.69, 9.17) is 4.74 Å². The molecule has 4 N–H and O–H groups in total. The molecular weight excluding hydrogens is 270 g/mol. The minimum absolute atomic E-state index is 0.315. The average molecular weight is 291 g/mol. The van der Waals surface area contributed by atoms with Gasteiger partial charge in [0.1, 0.15) is 5.60 Å². The number of nitrogens with one attached hydrogen (secondary N) is 4. The number of benzene rings is 1. The van der Waals surface area contributed by atoms with E-state index in [1.165, 1.54) is 0 Å². The number of amides is 1. The van der Waals surface area contributed by atoms with Crippen LogP contribution in [0.25, 0.3) is 0 Å². The largest absolute Gasteiger partial charge is 0.444 e. The topological polar surface area (TPSA) is 86.8 Å². The molecule has 0 saturated heterocycles. The Bertz CT molecular complexity index is 510. The number of amidine groups is 1. The summed E-state index contributed by atoms with van der Waals surface area (Å²) >= 11 is 0. The van der Waals surface area contributed by atoms with Crippen LogP contribution in [0.2, 0.25) is 0 Å². The first-order valence-corrected chi connectivity index (χ1v) is 6.81. The van der Waals surface area contributed by atoms with Crippen molar-refractivity contribution in [3.05, 3.63) is 35.9 Å². The van der Waals surface area contributed by atoms with Crippen LogP contribution in [-0.2, 0) is 11.2 Å². The number of carbonyl (C=O) groups is 1. The highest BCUT2D eigenvalue weighted by atomic mass is 16.6. The minimum Gasteiger partial charge on any atom is -0.444 e. The summed E-state index contributed by atoms with van der Waals surface area (Å²) in [7, 11) is 0. The maximum absolute atomic E-state index is 12.0. The standard InChI is InChI=1S/C14H21N5O2/c1-14(2,3)21-13(20)15-11(12-16-18-19-17-12)9-10-7-5-4-6-8-10/h4-8,11,18-19H,9H2,1-3H3,(H,15,20)(H,16,17)/t11-/m0/s1. The molecular formula is C14H21N5O2. The molecule has 0 spiro atoms. The number of carbonyl (C=O) groups excluding carboxylic acids is 1. The lowest BCUT2D eigenvalue weighted by Crippen LogP contribution is -2.50. The average Bonchev–Trinajstić information content (AvgIpc) is 2.90. The van der Waals surface area contributed by atoms with E-state index in [0.717, 1.165) is 5.56 Å². The molecule has 1 aliphatic rings. The lowest BCUT2D eigenvalue weighted by Gasteiger charge is -2.23. The maximum Gasteiger partial charge on any atom is 0.408 e. The molecule has 7 nitrogen and oxygen atoms in total. The van der Waals surface area contributed by atoms with Gasteiger partial charge in [-0.3, -0.25) is 5.43 Å². The first-order chi connectivity index (χ1) is 9.94. The van der Waals surface area contributed by atoms with Crippen LogP contribution in [0.4, 0.5) is 4.79 Å². The molecule has 1 amide bonds. The molecule has 1 aromatic carbocycles. The van der Waals surface area contributed by atoms with Crippen LogP contribution < -0.4 is 21.8 Å². The highest BCUT2D eigenvalue weighted by Gasteiger charge is 2.24. The van der Waals surface area contributed by atoms with Crippen LogP contribution in [0.15, 0.2) is 35.4 Å². The number of hydrogen-bond donors (Lipinski definition) is 4. The Labute approximate surface area is 124 Å². The van der Waals surface area contributed by atoms with E-state index >= 15 is 0 Å². The Kier molecular flexibility index (Phi) is 4.64. The number of hydrazone groups is 1. The first-order valence-electron chi connectivity index (χ1n) is 6.81. The number of nitrogens with zero attached hydrogens (tertiary/aromatic N) is 1. The molecule has 0 aliphatic carbocycles. The van der Waals surface area contributed by atoms with Crippen LogP contribution in [0.1, 0.15) is 26.3 Å². The predicted octanol–water partition coefficient (Wildman–Crippen LogP) is 1.05. The summed E-state index contributed by atoms with van der Waals surface area (Å²) in [5, 5.41) is 6.89. The maximum atomic E-state index is 12.0. The van der Waals surface area contributed by atoms with Crippen LogP contribution in [0.3, 0.4) is 0 Å². The van der Waals surface area contributed by atoms with E-state index in [9.17, 15) is 4.79 Å². The zero-order valence-electron chi connectivity index (χ0n) is 12.4. The van der Waals surface area contributed by atoms with Crippen LogP contribution in [0, 0.1) is 0 Å². The van der Waals surface area contributed by atoms with Gasteiger partial charge >= 0.3 is 6.09 Å². The lowest BCUT2D eigenvalue weighted by molar-refractivity contribution is 0.0517. The van der Waals surface area contributed by atoms with Gasteiger partial charge in [-0.15, -0.1) is 10.6 Å². The van der Waals surface area contributed by atoms with Gasteiger partial charge in [0.15, 0.2) is 5.84 Å². The molecule has 2 rings (SSSR count). The van der Waals surface area contributed by atoms with Crippen molar-refractivity contribution in [2.45, 2.75) is 38.8 Å². The van der Waals surface area contributed by atoms with Crippen molar-refractivity contribution >= 4 is 11.9 Å². The zero-order valence-corrected chi connectivity index (χ0v) is 12.4. The molecule has 1 aliphatic heterocycles. The summed E-state index contributed by atoms with van der Waals surface area (Å²) in [5.74, 6) is 0.602. The molecule has 0 radical (unpaired) electrons. The lowest BCUT2D eigenvalue weighted by atomic mass is 10.1. The van der Waals surface area contributed by atoms with Crippen molar-refractivity contribution in [1.29, 1.82) is 0 Å². The van der Waals surface area contributed by atoms with E-state index in [0.29, 0.717) is 12.3 Å². The van der Waals surface area contributed by atoms with Crippen molar-refractivity contribution in [3.8, 4) is 0 Å². The summed E-state index contributed by atoms with van der Waals surface area (Å²) in [6.45, 7) is 5.48. The Hall–Kier alpha value is -2.28. The normalized spacial score (nSPS) is 15.5. The molecule has 1 aromatic rings. The highest BCUT2D eigenvalue weighted by molar-refractivity contribution is 5.90. The fourth-order valence-electron chi connectivity index (χ4n) is 1.89. The van der Waals surface area contributed by atoms with Crippen molar-refractivity contribution in [3.63, 3.8) is 0 Å². The monoisotopic (exact) mass is 291 g/mol. The number of hydrazine groups is 2. The Morgan fingerprint density at radius 3 is 2.62 bits per heavy atom. The summed E-state index contributed by atoms with van der Waals surface area (Å²) < 4.78 is 5.29. The van der Waals surface area contributed by atoms with E-state index in [1.807, 2.05) is 51.1 Å². The van der Waals surface area contributed by atoms with Gasteiger partial charge in [-0.05, 0) is 26.3 Å². The van der Waals surface area contributed by atoms with E-state index < -0.39 is 11.7 Å².